The van der Waals surface area contributed by atoms with Crippen molar-refractivity contribution in [3.8, 4) is 0 Å². The van der Waals surface area contributed by atoms with Crippen molar-refractivity contribution in [3.05, 3.63) is 28.2 Å². The van der Waals surface area contributed by atoms with Gasteiger partial charge in [0.25, 0.3) is 0 Å². The summed E-state index contributed by atoms with van der Waals surface area (Å²) >= 11 is 1.62. The lowest BCUT2D eigenvalue weighted by atomic mass is 10.0. The lowest BCUT2D eigenvalue weighted by Crippen LogP contribution is -2.14. The fourth-order valence-electron chi connectivity index (χ4n) is 3.10. The first kappa shape index (κ1) is 21.0. The Labute approximate surface area is 158 Å². The van der Waals surface area contributed by atoms with E-state index >= 15 is 0 Å². The van der Waals surface area contributed by atoms with Crippen molar-refractivity contribution in [3.63, 3.8) is 0 Å². The fraction of sp³-hybridized carbons (Fsp3) is 0.684. The number of allylic oxidation sites excluding steroid dienone is 1. The van der Waals surface area contributed by atoms with Gasteiger partial charge in [-0.1, -0.05) is 25.5 Å². The van der Waals surface area contributed by atoms with E-state index in [1.165, 1.54) is 7.11 Å². The highest BCUT2D eigenvalue weighted by Crippen LogP contribution is 2.31. The first-order valence-corrected chi connectivity index (χ1v) is 10.0. The van der Waals surface area contributed by atoms with E-state index in [0.29, 0.717) is 31.6 Å². The van der Waals surface area contributed by atoms with Gasteiger partial charge in [-0.05, 0) is 25.2 Å². The fourth-order valence-corrected chi connectivity index (χ4v) is 4.10. The maximum atomic E-state index is 13.5. The molecule has 1 fully saturated rings. The van der Waals surface area contributed by atoms with Crippen LogP contribution in [0.3, 0.4) is 0 Å². The van der Waals surface area contributed by atoms with Gasteiger partial charge in [0.1, 0.15) is 5.01 Å². The Morgan fingerprint density at radius 3 is 3.04 bits per heavy atom. The number of aromatic nitrogens is 1. The molecular weight excluding hydrogens is 358 g/mol. The molecule has 1 N–H and O–H groups in total. The van der Waals surface area contributed by atoms with Crippen LogP contribution in [0.15, 0.2) is 18.3 Å². The van der Waals surface area contributed by atoms with Gasteiger partial charge in [-0.25, -0.2) is 13.8 Å². The van der Waals surface area contributed by atoms with Crippen molar-refractivity contribution in [1.82, 2.24) is 10.3 Å². The molecule has 0 bridgehead atoms. The number of aryl methyl sites for hydroxylation is 1. The van der Waals surface area contributed by atoms with Crippen molar-refractivity contribution in [2.75, 3.05) is 13.7 Å². The van der Waals surface area contributed by atoms with Crippen molar-refractivity contribution in [1.29, 1.82) is 0 Å². The number of esters is 1. The van der Waals surface area contributed by atoms with Crippen LogP contribution >= 0.6 is 11.3 Å². The van der Waals surface area contributed by atoms with E-state index in [9.17, 15) is 13.6 Å². The second-order valence-electron chi connectivity index (χ2n) is 6.77. The van der Waals surface area contributed by atoms with Gasteiger partial charge in [-0.3, -0.25) is 4.79 Å². The molecule has 0 amide bonds. The van der Waals surface area contributed by atoms with E-state index in [2.05, 4.69) is 21.1 Å². The number of halogens is 2. The topological polar surface area (TPSA) is 51.2 Å². The lowest BCUT2D eigenvalue weighted by molar-refractivity contribution is -0.140. The molecule has 2 atom stereocenters. The van der Waals surface area contributed by atoms with Crippen LogP contribution < -0.4 is 5.32 Å². The van der Waals surface area contributed by atoms with Gasteiger partial charge in [0.2, 0.25) is 5.92 Å². The van der Waals surface area contributed by atoms with Gasteiger partial charge >= 0.3 is 5.97 Å². The molecule has 1 aromatic heterocycles. The molecule has 0 saturated carbocycles. The van der Waals surface area contributed by atoms with E-state index in [0.717, 1.165) is 22.9 Å². The molecular formula is C19H28F2N2O2S. The van der Waals surface area contributed by atoms with Crippen LogP contribution in [-0.4, -0.2) is 30.5 Å². The van der Waals surface area contributed by atoms with E-state index in [1.54, 1.807) is 18.3 Å². The number of hydrogen-bond acceptors (Lipinski definition) is 5. The summed E-state index contributed by atoms with van der Waals surface area (Å²) in [5.41, 5.74) is 0. The Morgan fingerprint density at radius 2 is 2.31 bits per heavy atom. The summed E-state index contributed by atoms with van der Waals surface area (Å²) in [5.74, 6) is -2.41. The van der Waals surface area contributed by atoms with Crippen molar-refractivity contribution < 1.29 is 18.3 Å². The quantitative estimate of drug-likeness (QED) is 0.469. The minimum atomic E-state index is -2.54. The van der Waals surface area contributed by atoms with Gasteiger partial charge in [0.15, 0.2) is 0 Å². The number of ether oxygens (including phenoxy) is 1. The molecule has 0 radical (unpaired) electrons. The van der Waals surface area contributed by atoms with Crippen LogP contribution in [0.1, 0.15) is 61.4 Å². The van der Waals surface area contributed by atoms with Crippen LogP contribution in [0.25, 0.3) is 0 Å². The molecule has 1 saturated heterocycles. The largest absolute Gasteiger partial charge is 0.469 e. The summed E-state index contributed by atoms with van der Waals surface area (Å²) in [6.45, 7) is 2.62. The highest BCUT2D eigenvalue weighted by Gasteiger charge is 2.27. The van der Waals surface area contributed by atoms with E-state index in [-0.39, 0.29) is 24.9 Å². The number of rotatable bonds is 10. The van der Waals surface area contributed by atoms with Gasteiger partial charge in [0.05, 0.1) is 19.6 Å². The Bertz CT molecular complexity index is 604. The first-order chi connectivity index (χ1) is 12.4. The zero-order valence-electron chi connectivity index (χ0n) is 15.5. The minimum absolute atomic E-state index is 0.0315. The molecule has 26 heavy (non-hydrogen) atoms. The summed E-state index contributed by atoms with van der Waals surface area (Å²) in [4.78, 5) is 16.7. The van der Waals surface area contributed by atoms with Crippen molar-refractivity contribution in [2.24, 2.45) is 5.92 Å². The smallest absolute Gasteiger partial charge is 0.305 e. The van der Waals surface area contributed by atoms with Gasteiger partial charge in [-0.2, -0.15) is 0 Å². The summed E-state index contributed by atoms with van der Waals surface area (Å²) in [6, 6.07) is 0.197. The molecule has 0 unspecified atom stereocenters. The normalized spacial score (nSPS) is 20.8. The summed E-state index contributed by atoms with van der Waals surface area (Å²) in [6.07, 6.45) is 8.53. The molecule has 7 heteroatoms. The van der Waals surface area contributed by atoms with Gasteiger partial charge < -0.3 is 10.1 Å². The number of thiazole rings is 1. The SMILES string of the molecule is CCCC(F)(F)CC/C=C\[C@@H]1CN[C@H](c2ncc(CCC(=O)OC)s2)C1. The number of methoxy groups -OCH3 is 1. The number of hydrogen-bond donors (Lipinski definition) is 1. The average molecular weight is 387 g/mol. The van der Waals surface area contributed by atoms with Crippen LogP contribution in [0.4, 0.5) is 8.78 Å². The van der Waals surface area contributed by atoms with E-state index < -0.39 is 5.92 Å². The van der Waals surface area contributed by atoms with Crippen molar-refractivity contribution in [2.45, 2.75) is 63.8 Å². The Morgan fingerprint density at radius 1 is 1.50 bits per heavy atom. The maximum Gasteiger partial charge on any atom is 0.305 e. The lowest BCUT2D eigenvalue weighted by Gasteiger charge is -2.13. The highest BCUT2D eigenvalue weighted by molar-refractivity contribution is 7.11. The molecule has 1 aliphatic heterocycles. The zero-order valence-corrected chi connectivity index (χ0v) is 16.3. The molecule has 146 valence electrons. The third-order valence-electron chi connectivity index (χ3n) is 4.54. The first-order valence-electron chi connectivity index (χ1n) is 9.23. The molecule has 1 aromatic rings. The summed E-state index contributed by atoms with van der Waals surface area (Å²) < 4.78 is 31.6. The Kier molecular flexibility index (Phi) is 8.15. The standard InChI is InChI=1S/C19H28F2N2O2S/c1-3-9-19(20,21)10-5-4-6-14-11-16(22-12-14)18-23-13-15(26-18)7-8-17(24)25-2/h4,6,13-14,16,22H,3,5,7-12H2,1-2H3/b6-4-/t14-,16-/m0/s1. The van der Waals surface area contributed by atoms with Crippen LogP contribution in [0.5, 0.6) is 0 Å². The minimum Gasteiger partial charge on any atom is -0.469 e. The predicted octanol–water partition coefficient (Wildman–Crippen LogP) is 4.67. The number of carbonyl (C=O) groups is 1. The van der Waals surface area contributed by atoms with E-state index in [1.807, 2.05) is 12.3 Å². The third-order valence-corrected chi connectivity index (χ3v) is 5.71. The Balaban J connectivity index is 1.75. The third kappa shape index (κ3) is 6.76. The molecule has 0 aliphatic carbocycles. The van der Waals surface area contributed by atoms with Crippen molar-refractivity contribution >= 4 is 17.3 Å². The van der Waals surface area contributed by atoms with Crippen LogP contribution in [0.2, 0.25) is 0 Å². The molecule has 4 nitrogen and oxygen atoms in total. The molecule has 0 aromatic carbocycles. The Hall–Kier alpha value is -1.34. The predicted molar refractivity (Wildman–Crippen MR) is 99.5 cm³/mol. The van der Waals surface area contributed by atoms with Gasteiger partial charge in [0, 0.05) is 30.5 Å². The highest BCUT2D eigenvalue weighted by atomic mass is 32.1. The average Bonchev–Trinajstić information content (AvgIpc) is 3.25. The number of nitrogens with zero attached hydrogens (tertiary/aromatic N) is 1. The zero-order chi connectivity index (χ0) is 19.0. The monoisotopic (exact) mass is 386 g/mol. The van der Waals surface area contributed by atoms with Crippen LogP contribution in [0, 0.1) is 5.92 Å². The number of carbonyl (C=O) groups excluding carboxylic acids is 1. The summed E-state index contributed by atoms with van der Waals surface area (Å²) in [7, 11) is 1.39. The maximum absolute atomic E-state index is 13.5. The van der Waals surface area contributed by atoms with Crippen LogP contribution in [-0.2, 0) is 16.0 Å². The number of nitrogens with one attached hydrogen (secondary N) is 1. The van der Waals surface area contributed by atoms with Gasteiger partial charge in [-0.15, -0.1) is 11.3 Å². The van der Waals surface area contributed by atoms with E-state index in [4.69, 9.17) is 0 Å². The molecule has 2 rings (SSSR count). The second kappa shape index (κ2) is 10.1. The molecule has 1 aliphatic rings. The molecule has 2 heterocycles. The number of alkyl halides is 2. The molecule has 0 spiro atoms. The second-order valence-corrected chi connectivity index (χ2v) is 7.92. The summed E-state index contributed by atoms with van der Waals surface area (Å²) in [5, 5.41) is 4.47.